The summed E-state index contributed by atoms with van der Waals surface area (Å²) in [4.78, 5) is 2.07. The SMILES string of the molecule is COc1c2c(c(C(C)(F)F)c3c1OCO3)CCN(C)C2. The largest absolute Gasteiger partial charge is 0.492 e. The van der Waals surface area contributed by atoms with E-state index in [1.54, 1.807) is 0 Å². The predicted molar refractivity (Wildman–Crippen MR) is 68.7 cm³/mol. The summed E-state index contributed by atoms with van der Waals surface area (Å²) in [5.74, 6) is -2.01. The van der Waals surface area contributed by atoms with Crippen molar-refractivity contribution in [3.63, 3.8) is 0 Å². The fraction of sp³-hybridized carbons (Fsp3) is 0.571. The van der Waals surface area contributed by atoms with Gasteiger partial charge in [0.05, 0.1) is 12.7 Å². The van der Waals surface area contributed by atoms with Crippen LogP contribution in [0, 0.1) is 0 Å². The molecule has 0 bridgehead atoms. The van der Waals surface area contributed by atoms with Gasteiger partial charge in [0.2, 0.25) is 12.5 Å². The van der Waals surface area contributed by atoms with E-state index in [4.69, 9.17) is 14.2 Å². The van der Waals surface area contributed by atoms with Crippen molar-refractivity contribution < 1.29 is 23.0 Å². The van der Waals surface area contributed by atoms with Crippen LogP contribution in [-0.2, 0) is 18.9 Å². The van der Waals surface area contributed by atoms with E-state index in [0.717, 1.165) is 19.0 Å². The van der Waals surface area contributed by atoms with Crippen molar-refractivity contribution in [1.29, 1.82) is 0 Å². The number of likely N-dealkylation sites (N-methyl/N-ethyl adjacent to an activating group) is 1. The van der Waals surface area contributed by atoms with Crippen LogP contribution in [0.3, 0.4) is 0 Å². The van der Waals surface area contributed by atoms with Gasteiger partial charge in [0.1, 0.15) is 0 Å². The summed E-state index contributed by atoms with van der Waals surface area (Å²) in [7, 11) is 3.48. The number of benzene rings is 1. The fourth-order valence-corrected chi connectivity index (χ4v) is 2.97. The summed E-state index contributed by atoms with van der Waals surface area (Å²) < 4.78 is 44.1. The van der Waals surface area contributed by atoms with Gasteiger partial charge in [-0.05, 0) is 19.0 Å². The number of alkyl halides is 2. The minimum atomic E-state index is -2.97. The molecule has 0 radical (unpaired) electrons. The fourth-order valence-electron chi connectivity index (χ4n) is 2.97. The highest BCUT2D eigenvalue weighted by Crippen LogP contribution is 2.53. The molecule has 0 unspecified atom stereocenters. The Kier molecular flexibility index (Phi) is 3.01. The van der Waals surface area contributed by atoms with Crippen molar-refractivity contribution in [1.82, 2.24) is 4.90 Å². The minimum Gasteiger partial charge on any atom is -0.492 e. The van der Waals surface area contributed by atoms with E-state index in [2.05, 4.69) is 4.90 Å². The van der Waals surface area contributed by atoms with Crippen molar-refractivity contribution in [3.05, 3.63) is 16.7 Å². The highest BCUT2D eigenvalue weighted by Gasteiger charge is 2.41. The molecule has 0 aliphatic carbocycles. The zero-order valence-electron chi connectivity index (χ0n) is 11.8. The van der Waals surface area contributed by atoms with Crippen LogP contribution in [-0.4, -0.2) is 32.4 Å². The Morgan fingerprint density at radius 1 is 1.20 bits per heavy atom. The van der Waals surface area contributed by atoms with Gasteiger partial charge in [0.15, 0.2) is 11.5 Å². The molecule has 0 spiro atoms. The molecule has 3 rings (SSSR count). The summed E-state index contributed by atoms with van der Waals surface area (Å²) in [6, 6.07) is 0. The number of hydrogen-bond acceptors (Lipinski definition) is 4. The summed E-state index contributed by atoms with van der Waals surface area (Å²) in [5.41, 5.74) is 1.37. The lowest BCUT2D eigenvalue weighted by Gasteiger charge is -2.30. The van der Waals surface area contributed by atoms with Crippen molar-refractivity contribution in [3.8, 4) is 17.2 Å². The van der Waals surface area contributed by atoms with Crippen molar-refractivity contribution in [2.24, 2.45) is 0 Å². The molecular formula is C14H17F2NO3. The van der Waals surface area contributed by atoms with Gasteiger partial charge in [0.25, 0.3) is 5.92 Å². The van der Waals surface area contributed by atoms with E-state index >= 15 is 0 Å². The molecule has 0 saturated heterocycles. The Bertz CT molecular complexity index is 555. The highest BCUT2D eigenvalue weighted by molar-refractivity contribution is 5.66. The zero-order valence-corrected chi connectivity index (χ0v) is 11.8. The van der Waals surface area contributed by atoms with Gasteiger partial charge in [0, 0.05) is 25.6 Å². The number of halogens is 2. The molecule has 2 aliphatic heterocycles. The molecule has 0 amide bonds. The van der Waals surface area contributed by atoms with E-state index in [0.29, 0.717) is 30.0 Å². The molecule has 20 heavy (non-hydrogen) atoms. The number of fused-ring (bicyclic) bond motifs is 2. The second-order valence-corrected chi connectivity index (χ2v) is 5.31. The van der Waals surface area contributed by atoms with E-state index in [9.17, 15) is 8.78 Å². The van der Waals surface area contributed by atoms with Gasteiger partial charge < -0.3 is 19.1 Å². The molecule has 0 atom stereocenters. The zero-order chi connectivity index (χ0) is 14.5. The second kappa shape index (κ2) is 4.48. The van der Waals surface area contributed by atoms with Gasteiger partial charge >= 0.3 is 0 Å². The van der Waals surface area contributed by atoms with Crippen LogP contribution in [0.15, 0.2) is 0 Å². The smallest absolute Gasteiger partial charge is 0.274 e. The number of ether oxygens (including phenoxy) is 3. The van der Waals surface area contributed by atoms with Crippen LogP contribution in [0.25, 0.3) is 0 Å². The molecule has 6 heteroatoms. The van der Waals surface area contributed by atoms with Gasteiger partial charge in [-0.15, -0.1) is 0 Å². The Labute approximate surface area is 116 Å². The predicted octanol–water partition coefficient (Wildman–Crippen LogP) is 2.52. The molecule has 2 heterocycles. The third-order valence-corrected chi connectivity index (χ3v) is 3.80. The summed E-state index contributed by atoms with van der Waals surface area (Å²) in [5, 5.41) is 0. The summed E-state index contributed by atoms with van der Waals surface area (Å²) in [6.45, 7) is 2.15. The lowest BCUT2D eigenvalue weighted by Crippen LogP contribution is -2.29. The topological polar surface area (TPSA) is 30.9 Å². The maximum atomic E-state index is 14.0. The first-order valence-electron chi connectivity index (χ1n) is 6.51. The lowest BCUT2D eigenvalue weighted by molar-refractivity contribution is 0.0132. The maximum Gasteiger partial charge on any atom is 0.274 e. The molecule has 1 aromatic carbocycles. The van der Waals surface area contributed by atoms with Crippen LogP contribution in [0.2, 0.25) is 0 Å². The molecule has 4 nitrogen and oxygen atoms in total. The van der Waals surface area contributed by atoms with Gasteiger partial charge in [-0.3, -0.25) is 0 Å². The third-order valence-electron chi connectivity index (χ3n) is 3.80. The molecule has 2 aliphatic rings. The van der Waals surface area contributed by atoms with E-state index < -0.39 is 5.92 Å². The average Bonchev–Trinajstić information content (AvgIpc) is 2.82. The molecule has 110 valence electrons. The minimum absolute atomic E-state index is 0.0473. The lowest BCUT2D eigenvalue weighted by atomic mass is 9.89. The van der Waals surface area contributed by atoms with E-state index in [1.165, 1.54) is 7.11 Å². The number of methoxy groups -OCH3 is 1. The first kappa shape index (κ1) is 13.4. The third kappa shape index (κ3) is 1.90. The monoisotopic (exact) mass is 285 g/mol. The quantitative estimate of drug-likeness (QED) is 0.835. The van der Waals surface area contributed by atoms with Gasteiger partial charge in [-0.2, -0.15) is 0 Å². The van der Waals surface area contributed by atoms with Crippen molar-refractivity contribution >= 4 is 0 Å². The van der Waals surface area contributed by atoms with E-state index in [-0.39, 0.29) is 18.1 Å². The van der Waals surface area contributed by atoms with Crippen molar-refractivity contribution in [2.45, 2.75) is 25.8 Å². The van der Waals surface area contributed by atoms with Crippen LogP contribution < -0.4 is 14.2 Å². The molecular weight excluding hydrogens is 268 g/mol. The Hall–Kier alpha value is -1.56. The highest BCUT2D eigenvalue weighted by atomic mass is 19.3. The van der Waals surface area contributed by atoms with Crippen LogP contribution in [0.5, 0.6) is 17.2 Å². The average molecular weight is 285 g/mol. The van der Waals surface area contributed by atoms with Gasteiger partial charge in [-0.25, -0.2) is 8.78 Å². The molecule has 0 fully saturated rings. The second-order valence-electron chi connectivity index (χ2n) is 5.31. The first-order chi connectivity index (χ1) is 9.43. The molecule has 0 aromatic heterocycles. The number of rotatable bonds is 2. The number of nitrogens with zero attached hydrogens (tertiary/aromatic N) is 1. The summed E-state index contributed by atoms with van der Waals surface area (Å²) in [6.07, 6.45) is 0.553. The van der Waals surface area contributed by atoms with Crippen molar-refractivity contribution in [2.75, 3.05) is 27.5 Å². The Balaban J connectivity index is 2.31. The molecule has 1 aromatic rings. The normalized spacial score (nSPS) is 18.1. The molecule has 0 saturated carbocycles. The van der Waals surface area contributed by atoms with Gasteiger partial charge in [-0.1, -0.05) is 0 Å². The first-order valence-corrected chi connectivity index (χ1v) is 6.51. The van der Waals surface area contributed by atoms with Crippen LogP contribution >= 0.6 is 0 Å². The number of hydrogen-bond donors (Lipinski definition) is 0. The van der Waals surface area contributed by atoms with Crippen LogP contribution in [0.4, 0.5) is 8.78 Å². The maximum absolute atomic E-state index is 14.0. The Morgan fingerprint density at radius 3 is 2.55 bits per heavy atom. The molecule has 0 N–H and O–H groups in total. The Morgan fingerprint density at radius 2 is 1.90 bits per heavy atom. The van der Waals surface area contributed by atoms with Crippen LogP contribution in [0.1, 0.15) is 23.6 Å². The summed E-state index contributed by atoms with van der Waals surface area (Å²) >= 11 is 0. The van der Waals surface area contributed by atoms with E-state index in [1.807, 2.05) is 7.05 Å². The standard InChI is InChI=1S/C14H17F2NO3/c1-14(15,16)10-8-4-5-17(2)6-9(8)11(18-3)13-12(10)19-7-20-13/h4-7H2,1-3H3.